The Hall–Kier alpha value is -1.41. The summed E-state index contributed by atoms with van der Waals surface area (Å²) in [5.41, 5.74) is 3.18. The van der Waals surface area contributed by atoms with Crippen LogP contribution in [0.1, 0.15) is 51.0 Å². The summed E-state index contributed by atoms with van der Waals surface area (Å²) in [5, 5.41) is 11.5. The van der Waals surface area contributed by atoms with Crippen molar-refractivity contribution in [2.24, 2.45) is 5.41 Å². The number of pyridine rings is 1. The van der Waals surface area contributed by atoms with Crippen molar-refractivity contribution in [1.29, 1.82) is 0 Å². The first-order chi connectivity index (χ1) is 8.87. The van der Waals surface area contributed by atoms with E-state index in [9.17, 15) is 5.11 Å². The van der Waals surface area contributed by atoms with Gasteiger partial charge in [-0.1, -0.05) is 39.0 Å². The number of aryl methyl sites for hydroxylation is 1. The summed E-state index contributed by atoms with van der Waals surface area (Å²) >= 11 is 0. The first-order valence-electron chi connectivity index (χ1n) is 6.91. The topological polar surface area (TPSA) is 33.1 Å². The molecule has 2 aromatic rings. The highest BCUT2D eigenvalue weighted by molar-refractivity contribution is 5.82. The molecule has 1 unspecified atom stereocenters. The van der Waals surface area contributed by atoms with Crippen molar-refractivity contribution < 1.29 is 5.11 Å². The van der Waals surface area contributed by atoms with Gasteiger partial charge in [-0.3, -0.25) is 4.98 Å². The normalized spacial score (nSPS) is 13.7. The summed E-state index contributed by atoms with van der Waals surface area (Å²) in [5.74, 6) is 0. The van der Waals surface area contributed by atoms with E-state index in [0.29, 0.717) is 0 Å². The zero-order valence-electron chi connectivity index (χ0n) is 12.3. The maximum Gasteiger partial charge on any atom is 0.0960 e. The van der Waals surface area contributed by atoms with E-state index in [-0.39, 0.29) is 5.41 Å². The van der Waals surface area contributed by atoms with Gasteiger partial charge in [0, 0.05) is 5.39 Å². The molecule has 102 valence electrons. The maximum atomic E-state index is 10.3. The zero-order chi connectivity index (χ0) is 14.0. The van der Waals surface area contributed by atoms with Crippen LogP contribution < -0.4 is 0 Å². The van der Waals surface area contributed by atoms with Gasteiger partial charge in [-0.2, -0.15) is 0 Å². The van der Waals surface area contributed by atoms with Gasteiger partial charge in [-0.15, -0.1) is 0 Å². The van der Waals surface area contributed by atoms with Crippen LogP contribution in [0.2, 0.25) is 0 Å². The first kappa shape index (κ1) is 14.0. The molecule has 2 heteroatoms. The van der Waals surface area contributed by atoms with Gasteiger partial charge in [-0.25, -0.2) is 0 Å². The van der Waals surface area contributed by atoms with E-state index in [0.717, 1.165) is 29.4 Å². The third-order valence-corrected chi connectivity index (χ3v) is 3.45. The summed E-state index contributed by atoms with van der Waals surface area (Å²) in [6.07, 6.45) is 1.28. The van der Waals surface area contributed by atoms with E-state index in [1.807, 2.05) is 24.3 Å². The molecule has 2 rings (SSSR count). The lowest BCUT2D eigenvalue weighted by Gasteiger charge is -2.20. The molecule has 0 spiro atoms. The van der Waals surface area contributed by atoms with Gasteiger partial charge < -0.3 is 5.11 Å². The number of fused-ring (bicyclic) bond motifs is 1. The molecular formula is C17H23NO. The molecule has 0 bridgehead atoms. The average Bonchev–Trinajstić information content (AvgIpc) is 2.35. The van der Waals surface area contributed by atoms with Crippen molar-refractivity contribution in [3.63, 3.8) is 0 Å². The molecule has 1 aromatic heterocycles. The van der Waals surface area contributed by atoms with E-state index < -0.39 is 6.10 Å². The third-order valence-electron chi connectivity index (χ3n) is 3.45. The van der Waals surface area contributed by atoms with Crippen LogP contribution in [0.15, 0.2) is 30.3 Å². The number of hydrogen-bond acceptors (Lipinski definition) is 2. The monoisotopic (exact) mass is 257 g/mol. The van der Waals surface area contributed by atoms with Gasteiger partial charge in [0.1, 0.15) is 0 Å². The molecule has 0 radical (unpaired) electrons. The molecular weight excluding hydrogens is 234 g/mol. The van der Waals surface area contributed by atoms with Gasteiger partial charge in [-0.05, 0) is 42.9 Å². The quantitative estimate of drug-likeness (QED) is 0.884. The Kier molecular flexibility index (Phi) is 3.91. The van der Waals surface area contributed by atoms with Gasteiger partial charge in [0.2, 0.25) is 0 Å². The Balaban J connectivity index is 2.25. The van der Waals surface area contributed by atoms with Gasteiger partial charge in [0.05, 0.1) is 17.3 Å². The Morgan fingerprint density at radius 2 is 1.89 bits per heavy atom. The molecule has 1 N–H and O–H groups in total. The third kappa shape index (κ3) is 3.54. The lowest BCUT2D eigenvalue weighted by Crippen LogP contribution is -2.09. The smallest absolute Gasteiger partial charge is 0.0960 e. The lowest BCUT2D eigenvalue weighted by atomic mass is 9.88. The molecule has 0 aliphatic carbocycles. The van der Waals surface area contributed by atoms with Crippen LogP contribution >= 0.6 is 0 Å². The van der Waals surface area contributed by atoms with Crippen molar-refractivity contribution in [2.45, 2.75) is 46.6 Å². The minimum atomic E-state index is -0.470. The molecule has 0 saturated heterocycles. The second-order valence-corrected chi connectivity index (χ2v) is 6.50. The number of aliphatic hydroxyl groups is 1. The Bertz CT molecular complexity index is 569. The number of aliphatic hydroxyl groups excluding tert-OH is 1. The van der Waals surface area contributed by atoms with Crippen LogP contribution in [0.3, 0.4) is 0 Å². The lowest BCUT2D eigenvalue weighted by molar-refractivity contribution is 0.143. The highest BCUT2D eigenvalue weighted by Crippen LogP contribution is 2.28. The molecule has 0 saturated carbocycles. The summed E-state index contributed by atoms with van der Waals surface area (Å²) in [6, 6.07) is 10.1. The zero-order valence-corrected chi connectivity index (χ0v) is 12.3. The molecule has 0 amide bonds. The molecule has 19 heavy (non-hydrogen) atoms. The Labute approximate surface area is 115 Å². The number of aromatic nitrogens is 1. The fourth-order valence-electron chi connectivity index (χ4n) is 2.26. The van der Waals surface area contributed by atoms with Gasteiger partial charge >= 0.3 is 0 Å². The minimum Gasteiger partial charge on any atom is -0.387 e. The molecule has 1 aromatic carbocycles. The van der Waals surface area contributed by atoms with Crippen molar-refractivity contribution in [2.75, 3.05) is 0 Å². The van der Waals surface area contributed by atoms with Gasteiger partial charge in [0.25, 0.3) is 0 Å². The van der Waals surface area contributed by atoms with E-state index in [1.165, 1.54) is 5.56 Å². The first-order valence-corrected chi connectivity index (χ1v) is 6.91. The van der Waals surface area contributed by atoms with E-state index in [2.05, 4.69) is 38.7 Å². The van der Waals surface area contributed by atoms with E-state index >= 15 is 0 Å². The largest absolute Gasteiger partial charge is 0.387 e. The number of benzene rings is 1. The number of rotatable bonds is 3. The Morgan fingerprint density at radius 3 is 2.58 bits per heavy atom. The molecule has 0 fully saturated rings. The van der Waals surface area contributed by atoms with E-state index in [4.69, 9.17) is 0 Å². The predicted molar refractivity (Wildman–Crippen MR) is 80.1 cm³/mol. The average molecular weight is 257 g/mol. The van der Waals surface area contributed by atoms with Crippen molar-refractivity contribution in [3.05, 3.63) is 41.6 Å². The SMILES string of the molecule is Cc1cc(C(O)CCC(C)(C)C)nc2ccccc12. The molecule has 2 nitrogen and oxygen atoms in total. The second-order valence-electron chi connectivity index (χ2n) is 6.50. The summed E-state index contributed by atoms with van der Waals surface area (Å²) in [4.78, 5) is 4.59. The van der Waals surface area contributed by atoms with Crippen molar-refractivity contribution >= 4 is 10.9 Å². The highest BCUT2D eigenvalue weighted by atomic mass is 16.3. The van der Waals surface area contributed by atoms with Crippen molar-refractivity contribution in [1.82, 2.24) is 4.98 Å². The van der Waals surface area contributed by atoms with Crippen LogP contribution in [-0.2, 0) is 0 Å². The Morgan fingerprint density at radius 1 is 1.21 bits per heavy atom. The number of para-hydroxylation sites is 1. The van der Waals surface area contributed by atoms with Gasteiger partial charge in [0.15, 0.2) is 0 Å². The van der Waals surface area contributed by atoms with Crippen LogP contribution in [-0.4, -0.2) is 10.1 Å². The summed E-state index contributed by atoms with van der Waals surface area (Å²) in [7, 11) is 0. The fraction of sp³-hybridized carbons (Fsp3) is 0.471. The minimum absolute atomic E-state index is 0.243. The van der Waals surface area contributed by atoms with Crippen LogP contribution in [0.25, 0.3) is 10.9 Å². The fourth-order valence-corrected chi connectivity index (χ4v) is 2.26. The van der Waals surface area contributed by atoms with E-state index in [1.54, 1.807) is 0 Å². The molecule has 1 atom stereocenters. The highest BCUT2D eigenvalue weighted by Gasteiger charge is 2.16. The maximum absolute atomic E-state index is 10.3. The molecule has 0 aliphatic heterocycles. The second kappa shape index (κ2) is 5.30. The van der Waals surface area contributed by atoms with Crippen LogP contribution in [0.5, 0.6) is 0 Å². The van der Waals surface area contributed by atoms with Crippen LogP contribution in [0, 0.1) is 12.3 Å². The predicted octanol–water partition coefficient (Wildman–Crippen LogP) is 4.40. The number of nitrogens with zero attached hydrogens (tertiary/aromatic N) is 1. The van der Waals surface area contributed by atoms with Crippen LogP contribution in [0.4, 0.5) is 0 Å². The molecule has 0 aliphatic rings. The summed E-state index contributed by atoms with van der Waals surface area (Å²) < 4.78 is 0. The standard InChI is InChI=1S/C17H23NO/c1-12-11-15(16(19)9-10-17(2,3)4)18-14-8-6-5-7-13(12)14/h5-8,11,16,19H,9-10H2,1-4H3. The van der Waals surface area contributed by atoms with Crippen molar-refractivity contribution in [3.8, 4) is 0 Å². The molecule has 1 heterocycles. The summed E-state index contributed by atoms with van der Waals surface area (Å²) in [6.45, 7) is 8.65. The number of hydrogen-bond donors (Lipinski definition) is 1.